The predicted octanol–water partition coefficient (Wildman–Crippen LogP) is 2.42. The third kappa shape index (κ3) is 1.26. The number of hydrazine groups is 1. The first kappa shape index (κ1) is 8.97. The summed E-state index contributed by atoms with van der Waals surface area (Å²) in [5.41, 5.74) is 9.20. The number of nitrogens with one attached hydrogen (secondary N) is 2. The fraction of sp³-hybridized carbons (Fsp3) is 0. The van der Waals surface area contributed by atoms with Crippen LogP contribution in [0.15, 0.2) is 48.5 Å². The standard InChI is InChI=1S/C13H10N2O/c16-13-11-7-2-1-5-9(11)10-6-3-4-8-12(10)14-15-13/h1-8,14H,(H,15,16). The van der Waals surface area contributed by atoms with E-state index in [4.69, 9.17) is 0 Å². The van der Waals surface area contributed by atoms with Crippen LogP contribution < -0.4 is 10.9 Å². The molecule has 0 atom stereocenters. The molecule has 0 aromatic heterocycles. The normalized spacial score (nSPS) is 12.9. The van der Waals surface area contributed by atoms with Gasteiger partial charge in [0, 0.05) is 11.1 Å². The molecule has 0 aliphatic carbocycles. The van der Waals surface area contributed by atoms with Crippen molar-refractivity contribution in [2.45, 2.75) is 0 Å². The van der Waals surface area contributed by atoms with Gasteiger partial charge in [-0.05, 0) is 17.7 Å². The summed E-state index contributed by atoms with van der Waals surface area (Å²) in [5, 5.41) is 0. The highest BCUT2D eigenvalue weighted by atomic mass is 16.2. The van der Waals surface area contributed by atoms with Gasteiger partial charge in [0.15, 0.2) is 0 Å². The number of benzene rings is 2. The number of fused-ring (bicyclic) bond motifs is 3. The average molecular weight is 210 g/mol. The largest absolute Gasteiger partial charge is 0.298 e. The molecule has 2 N–H and O–H groups in total. The molecule has 3 heteroatoms. The molecule has 0 saturated carbocycles. The summed E-state index contributed by atoms with van der Waals surface area (Å²) < 4.78 is 0. The molecule has 2 aromatic rings. The molecule has 16 heavy (non-hydrogen) atoms. The van der Waals surface area contributed by atoms with E-state index in [1.807, 2.05) is 48.5 Å². The van der Waals surface area contributed by atoms with Gasteiger partial charge in [-0.15, -0.1) is 0 Å². The van der Waals surface area contributed by atoms with Crippen molar-refractivity contribution in [3.8, 4) is 11.1 Å². The Morgan fingerprint density at radius 1 is 0.688 bits per heavy atom. The Labute approximate surface area is 93.1 Å². The molecule has 3 nitrogen and oxygen atoms in total. The third-order valence-electron chi connectivity index (χ3n) is 2.70. The van der Waals surface area contributed by atoms with Crippen LogP contribution in [0, 0.1) is 0 Å². The molecular formula is C13H10N2O. The van der Waals surface area contributed by atoms with E-state index < -0.39 is 0 Å². The van der Waals surface area contributed by atoms with Crippen molar-refractivity contribution in [3.63, 3.8) is 0 Å². The third-order valence-corrected chi connectivity index (χ3v) is 2.70. The van der Waals surface area contributed by atoms with Crippen LogP contribution >= 0.6 is 0 Å². The zero-order valence-corrected chi connectivity index (χ0v) is 8.53. The van der Waals surface area contributed by atoms with E-state index in [1.54, 1.807) is 0 Å². The van der Waals surface area contributed by atoms with Gasteiger partial charge >= 0.3 is 0 Å². The number of hydrogen-bond donors (Lipinski definition) is 2. The Morgan fingerprint density at radius 2 is 1.31 bits per heavy atom. The van der Waals surface area contributed by atoms with E-state index >= 15 is 0 Å². The summed E-state index contributed by atoms with van der Waals surface area (Å²) in [6.45, 7) is 0. The quantitative estimate of drug-likeness (QED) is 0.701. The molecule has 0 bridgehead atoms. The molecule has 1 aliphatic heterocycles. The Bertz CT molecular complexity index is 563. The Kier molecular flexibility index (Phi) is 1.90. The van der Waals surface area contributed by atoms with Crippen molar-refractivity contribution in [3.05, 3.63) is 54.1 Å². The maximum absolute atomic E-state index is 11.8. The smallest absolute Gasteiger partial charge is 0.270 e. The molecule has 1 heterocycles. The van der Waals surface area contributed by atoms with E-state index in [0.29, 0.717) is 5.56 Å². The van der Waals surface area contributed by atoms with Gasteiger partial charge in [0.2, 0.25) is 0 Å². The molecule has 0 radical (unpaired) electrons. The van der Waals surface area contributed by atoms with Crippen LogP contribution in [0.1, 0.15) is 10.4 Å². The van der Waals surface area contributed by atoms with Crippen LogP contribution in [0.2, 0.25) is 0 Å². The van der Waals surface area contributed by atoms with Gasteiger partial charge in [0.25, 0.3) is 5.91 Å². The van der Waals surface area contributed by atoms with Gasteiger partial charge in [-0.3, -0.25) is 15.6 Å². The van der Waals surface area contributed by atoms with Crippen molar-refractivity contribution in [2.75, 3.05) is 5.43 Å². The number of amides is 1. The van der Waals surface area contributed by atoms with Gasteiger partial charge in [0.05, 0.1) is 5.69 Å². The zero-order chi connectivity index (χ0) is 11.0. The van der Waals surface area contributed by atoms with E-state index in [9.17, 15) is 4.79 Å². The maximum atomic E-state index is 11.8. The van der Waals surface area contributed by atoms with E-state index in [2.05, 4.69) is 10.9 Å². The lowest BCUT2D eigenvalue weighted by atomic mass is 9.99. The van der Waals surface area contributed by atoms with Crippen molar-refractivity contribution in [1.82, 2.24) is 5.43 Å². The molecule has 0 spiro atoms. The maximum Gasteiger partial charge on any atom is 0.270 e. The van der Waals surface area contributed by atoms with Crippen molar-refractivity contribution >= 4 is 11.6 Å². The number of carbonyl (C=O) groups excluding carboxylic acids is 1. The number of hydrogen-bond acceptors (Lipinski definition) is 2. The zero-order valence-electron chi connectivity index (χ0n) is 8.53. The van der Waals surface area contributed by atoms with Crippen molar-refractivity contribution < 1.29 is 4.79 Å². The van der Waals surface area contributed by atoms with Crippen molar-refractivity contribution in [1.29, 1.82) is 0 Å². The lowest BCUT2D eigenvalue weighted by Crippen LogP contribution is -2.27. The molecule has 0 unspecified atom stereocenters. The van der Waals surface area contributed by atoms with Crippen LogP contribution in [0.5, 0.6) is 0 Å². The number of rotatable bonds is 0. The highest BCUT2D eigenvalue weighted by molar-refractivity contribution is 6.04. The second kappa shape index (κ2) is 3.38. The van der Waals surface area contributed by atoms with Crippen LogP contribution in [-0.2, 0) is 0 Å². The summed E-state index contributed by atoms with van der Waals surface area (Å²) in [7, 11) is 0. The summed E-state index contributed by atoms with van der Waals surface area (Å²) in [4.78, 5) is 11.8. The molecular weight excluding hydrogens is 200 g/mol. The van der Waals surface area contributed by atoms with Gasteiger partial charge in [-0.2, -0.15) is 0 Å². The number of carbonyl (C=O) groups is 1. The summed E-state index contributed by atoms with van der Waals surface area (Å²) in [6, 6.07) is 15.4. The fourth-order valence-corrected chi connectivity index (χ4v) is 1.93. The lowest BCUT2D eigenvalue weighted by Gasteiger charge is -2.06. The molecule has 1 aliphatic rings. The fourth-order valence-electron chi connectivity index (χ4n) is 1.93. The van der Waals surface area contributed by atoms with E-state index in [0.717, 1.165) is 16.8 Å². The SMILES string of the molecule is O=C1NNc2ccccc2-c2ccccc21. The molecule has 1 amide bonds. The number of para-hydroxylation sites is 1. The molecule has 3 rings (SSSR count). The van der Waals surface area contributed by atoms with Crippen LogP contribution in [0.4, 0.5) is 5.69 Å². The topological polar surface area (TPSA) is 41.1 Å². The van der Waals surface area contributed by atoms with Crippen LogP contribution in [0.25, 0.3) is 11.1 Å². The van der Waals surface area contributed by atoms with Gasteiger partial charge < -0.3 is 0 Å². The second-order valence-electron chi connectivity index (χ2n) is 3.67. The minimum Gasteiger partial charge on any atom is -0.298 e. The molecule has 78 valence electrons. The molecule has 0 fully saturated rings. The molecule has 2 aromatic carbocycles. The first-order valence-corrected chi connectivity index (χ1v) is 5.11. The van der Waals surface area contributed by atoms with Gasteiger partial charge in [-0.25, -0.2) is 0 Å². The summed E-state index contributed by atoms with van der Waals surface area (Å²) >= 11 is 0. The minimum atomic E-state index is -0.105. The van der Waals surface area contributed by atoms with E-state index in [-0.39, 0.29) is 5.91 Å². The Hall–Kier alpha value is -2.29. The lowest BCUT2D eigenvalue weighted by molar-refractivity contribution is 0.0964. The second-order valence-corrected chi connectivity index (χ2v) is 3.67. The van der Waals surface area contributed by atoms with E-state index in [1.165, 1.54) is 0 Å². The number of anilines is 1. The van der Waals surface area contributed by atoms with Crippen LogP contribution in [-0.4, -0.2) is 5.91 Å². The Morgan fingerprint density at radius 3 is 2.12 bits per heavy atom. The predicted molar refractivity (Wildman–Crippen MR) is 63.0 cm³/mol. The Balaban J connectivity index is 2.32. The van der Waals surface area contributed by atoms with Gasteiger partial charge in [0.1, 0.15) is 0 Å². The average Bonchev–Trinajstić information content (AvgIpc) is 2.49. The summed E-state index contributed by atoms with van der Waals surface area (Å²) in [6.07, 6.45) is 0. The van der Waals surface area contributed by atoms with Crippen molar-refractivity contribution in [2.24, 2.45) is 0 Å². The van der Waals surface area contributed by atoms with Gasteiger partial charge in [-0.1, -0.05) is 36.4 Å². The first-order chi connectivity index (χ1) is 7.86. The monoisotopic (exact) mass is 210 g/mol. The van der Waals surface area contributed by atoms with Crippen LogP contribution in [0.3, 0.4) is 0 Å². The highest BCUT2D eigenvalue weighted by Crippen LogP contribution is 2.31. The summed E-state index contributed by atoms with van der Waals surface area (Å²) in [5.74, 6) is -0.105. The minimum absolute atomic E-state index is 0.105. The first-order valence-electron chi connectivity index (χ1n) is 5.11. The molecule has 0 saturated heterocycles. The highest BCUT2D eigenvalue weighted by Gasteiger charge is 2.17.